The van der Waals surface area contributed by atoms with E-state index in [1.807, 2.05) is 35.2 Å². The van der Waals surface area contributed by atoms with E-state index in [4.69, 9.17) is 32.5 Å². The molecule has 1 saturated carbocycles. The Bertz CT molecular complexity index is 1330. The Morgan fingerprint density at radius 1 is 1.03 bits per heavy atom. The largest absolute Gasteiger partial charge is 0.373 e. The molecular weight excluding hydrogens is 533 g/mol. The van der Waals surface area contributed by atoms with E-state index in [1.54, 1.807) is 0 Å². The topological polar surface area (TPSA) is 67.6 Å². The predicted molar refractivity (Wildman–Crippen MR) is 155 cm³/mol. The standard InChI is InChI=1S/C31H35Cl2N3O3/c1-31(2,3)19-9-11-20(12-10-19)34-30(37)36-21-13-14-22(36)16-23(15-21)38-17-24-28(35-39-29(24)18-7-8-18)27-25(32)5-4-6-26(27)33/h4-6,9-12,18,21-23H,7-8,13-17H2,1-3H3,(H,34,37). The molecule has 6 nitrogen and oxygen atoms in total. The lowest BCUT2D eigenvalue weighted by atomic mass is 9.87. The van der Waals surface area contributed by atoms with Crippen molar-refractivity contribution in [2.75, 3.05) is 5.32 Å². The van der Waals surface area contributed by atoms with E-state index in [2.05, 4.69) is 43.4 Å². The van der Waals surface area contributed by atoms with Crippen LogP contribution in [0.3, 0.4) is 0 Å². The zero-order valence-electron chi connectivity index (χ0n) is 22.7. The molecule has 3 fully saturated rings. The highest BCUT2D eigenvalue weighted by Crippen LogP contribution is 2.46. The number of nitrogens with zero attached hydrogens (tertiary/aromatic N) is 2. The fourth-order valence-electron chi connectivity index (χ4n) is 6.09. The van der Waals surface area contributed by atoms with Crippen molar-refractivity contribution in [3.63, 3.8) is 0 Å². The van der Waals surface area contributed by atoms with Crippen molar-refractivity contribution < 1.29 is 14.1 Å². The van der Waals surface area contributed by atoms with Gasteiger partial charge in [0.05, 0.1) is 22.8 Å². The van der Waals surface area contributed by atoms with Crippen LogP contribution < -0.4 is 5.32 Å². The third-order valence-electron chi connectivity index (χ3n) is 8.36. The summed E-state index contributed by atoms with van der Waals surface area (Å²) < 4.78 is 12.3. The lowest BCUT2D eigenvalue weighted by Gasteiger charge is -2.38. The van der Waals surface area contributed by atoms with E-state index in [0.717, 1.165) is 55.5 Å². The van der Waals surface area contributed by atoms with Gasteiger partial charge < -0.3 is 19.5 Å². The molecule has 2 unspecified atom stereocenters. The summed E-state index contributed by atoms with van der Waals surface area (Å²) in [5.74, 6) is 1.27. The molecular formula is C31H35Cl2N3O3. The first-order valence-corrected chi connectivity index (χ1v) is 14.7. The molecule has 0 radical (unpaired) electrons. The summed E-state index contributed by atoms with van der Waals surface area (Å²) in [5.41, 5.74) is 4.46. The second-order valence-corrected chi connectivity index (χ2v) is 13.0. The molecule has 0 spiro atoms. The number of urea groups is 1. The summed E-state index contributed by atoms with van der Waals surface area (Å²) in [4.78, 5) is 15.3. The van der Waals surface area contributed by atoms with Crippen LogP contribution in [-0.2, 0) is 16.8 Å². The van der Waals surface area contributed by atoms with Crippen molar-refractivity contribution in [3.8, 4) is 11.3 Å². The van der Waals surface area contributed by atoms with E-state index < -0.39 is 0 Å². The van der Waals surface area contributed by atoms with Gasteiger partial charge in [-0.05, 0) is 73.8 Å². The molecule has 8 heteroatoms. The van der Waals surface area contributed by atoms with Crippen LogP contribution in [0.5, 0.6) is 0 Å². The van der Waals surface area contributed by atoms with Gasteiger partial charge >= 0.3 is 6.03 Å². The van der Waals surface area contributed by atoms with Crippen LogP contribution in [0.1, 0.15) is 82.1 Å². The molecule has 2 amide bonds. The minimum absolute atomic E-state index is 0.0184. The Hall–Kier alpha value is -2.54. The predicted octanol–water partition coefficient (Wildman–Crippen LogP) is 8.57. The molecule has 206 valence electrons. The number of amides is 2. The number of halogens is 2. The zero-order valence-corrected chi connectivity index (χ0v) is 24.2. The lowest BCUT2D eigenvalue weighted by molar-refractivity contribution is -0.0158. The average Bonchev–Trinajstić information content (AvgIpc) is 3.59. The van der Waals surface area contributed by atoms with Gasteiger partial charge in [0.1, 0.15) is 11.5 Å². The highest BCUT2D eigenvalue weighted by atomic mass is 35.5. The molecule has 2 atom stereocenters. The van der Waals surface area contributed by atoms with Crippen molar-refractivity contribution in [1.29, 1.82) is 0 Å². The van der Waals surface area contributed by atoms with Gasteiger partial charge in [-0.3, -0.25) is 0 Å². The van der Waals surface area contributed by atoms with E-state index in [1.165, 1.54) is 5.56 Å². The van der Waals surface area contributed by atoms with Gasteiger partial charge in [-0.1, -0.05) is 67.3 Å². The highest BCUT2D eigenvalue weighted by Gasteiger charge is 2.44. The number of hydrogen-bond donors (Lipinski definition) is 1. The average molecular weight is 569 g/mol. The fourth-order valence-corrected chi connectivity index (χ4v) is 6.66. The molecule has 1 N–H and O–H groups in total. The second-order valence-electron chi connectivity index (χ2n) is 12.2. The summed E-state index contributed by atoms with van der Waals surface area (Å²) in [6, 6.07) is 14.0. The molecule has 39 heavy (non-hydrogen) atoms. The maximum absolute atomic E-state index is 13.3. The lowest BCUT2D eigenvalue weighted by Crippen LogP contribution is -2.50. The third-order valence-corrected chi connectivity index (χ3v) is 8.99. The van der Waals surface area contributed by atoms with Crippen molar-refractivity contribution in [2.24, 2.45) is 0 Å². The van der Waals surface area contributed by atoms with Gasteiger partial charge in [0.15, 0.2) is 0 Å². The number of carbonyl (C=O) groups excluding carboxylic acids is 1. The van der Waals surface area contributed by atoms with Gasteiger partial charge in [-0.15, -0.1) is 0 Å². The molecule has 1 aliphatic carbocycles. The Kier molecular flexibility index (Phi) is 7.15. The van der Waals surface area contributed by atoms with E-state index in [0.29, 0.717) is 33.8 Å². The number of nitrogens with one attached hydrogen (secondary N) is 1. The number of anilines is 1. The Labute approximate surface area is 240 Å². The van der Waals surface area contributed by atoms with Crippen LogP contribution in [0.25, 0.3) is 11.3 Å². The number of aromatic nitrogens is 1. The summed E-state index contributed by atoms with van der Waals surface area (Å²) in [6.07, 6.45) is 5.89. The van der Waals surface area contributed by atoms with Crippen LogP contribution in [0.2, 0.25) is 10.0 Å². The van der Waals surface area contributed by atoms with Crippen molar-refractivity contribution >= 4 is 34.9 Å². The third kappa shape index (κ3) is 5.44. The Balaban J connectivity index is 1.12. The fraction of sp³-hybridized carbons (Fsp3) is 0.484. The maximum atomic E-state index is 13.3. The Morgan fingerprint density at radius 2 is 1.67 bits per heavy atom. The van der Waals surface area contributed by atoms with E-state index >= 15 is 0 Å². The van der Waals surface area contributed by atoms with Crippen molar-refractivity contribution in [2.45, 2.75) is 95.4 Å². The van der Waals surface area contributed by atoms with Crippen LogP contribution in [0.4, 0.5) is 10.5 Å². The van der Waals surface area contributed by atoms with Gasteiger partial charge in [0, 0.05) is 34.8 Å². The number of ether oxygens (including phenoxy) is 1. The summed E-state index contributed by atoms with van der Waals surface area (Å²) in [5, 5.41) is 8.60. The van der Waals surface area contributed by atoms with Crippen molar-refractivity contribution in [1.82, 2.24) is 10.1 Å². The monoisotopic (exact) mass is 567 g/mol. The zero-order chi connectivity index (χ0) is 27.3. The summed E-state index contributed by atoms with van der Waals surface area (Å²) in [6.45, 7) is 6.95. The highest BCUT2D eigenvalue weighted by molar-refractivity contribution is 6.39. The molecule has 2 aromatic carbocycles. The van der Waals surface area contributed by atoms with E-state index in [9.17, 15) is 4.79 Å². The summed E-state index contributed by atoms with van der Waals surface area (Å²) in [7, 11) is 0. The molecule has 1 aromatic heterocycles. The first-order valence-electron chi connectivity index (χ1n) is 13.9. The van der Waals surface area contributed by atoms with Crippen LogP contribution in [0, 0.1) is 0 Å². The summed E-state index contributed by atoms with van der Waals surface area (Å²) >= 11 is 13.0. The number of carbonyl (C=O) groups is 1. The quantitative estimate of drug-likeness (QED) is 0.324. The second kappa shape index (κ2) is 10.5. The Morgan fingerprint density at radius 3 is 2.26 bits per heavy atom. The number of piperidine rings is 1. The number of rotatable bonds is 6. The minimum atomic E-state index is -0.0184. The SMILES string of the molecule is CC(C)(C)c1ccc(NC(=O)N2C3CCC2CC(OCc2c(-c4c(Cl)cccc4Cl)noc2C2CC2)C3)cc1. The first kappa shape index (κ1) is 26.7. The van der Waals surface area contributed by atoms with E-state index in [-0.39, 0.29) is 29.6 Å². The van der Waals surface area contributed by atoms with Crippen LogP contribution >= 0.6 is 23.2 Å². The van der Waals surface area contributed by atoms with Gasteiger partial charge in [0.25, 0.3) is 0 Å². The smallest absolute Gasteiger partial charge is 0.322 e. The molecule has 2 aliphatic heterocycles. The minimum Gasteiger partial charge on any atom is -0.373 e. The maximum Gasteiger partial charge on any atom is 0.322 e. The molecule has 3 aliphatic rings. The number of benzene rings is 2. The molecule has 6 rings (SSSR count). The van der Waals surface area contributed by atoms with Crippen molar-refractivity contribution in [3.05, 3.63) is 69.4 Å². The van der Waals surface area contributed by atoms with Crippen LogP contribution in [-0.4, -0.2) is 34.3 Å². The normalized spacial score (nSPS) is 22.8. The molecule has 2 bridgehead atoms. The molecule has 3 aromatic rings. The molecule has 2 saturated heterocycles. The number of hydrogen-bond acceptors (Lipinski definition) is 4. The number of fused-ring (bicyclic) bond motifs is 2. The van der Waals surface area contributed by atoms with Gasteiger partial charge in [0.2, 0.25) is 0 Å². The van der Waals surface area contributed by atoms with Gasteiger partial charge in [-0.2, -0.15) is 0 Å². The van der Waals surface area contributed by atoms with Crippen LogP contribution in [0.15, 0.2) is 47.0 Å². The first-order chi connectivity index (χ1) is 18.7. The molecule has 3 heterocycles. The van der Waals surface area contributed by atoms with Gasteiger partial charge in [-0.25, -0.2) is 4.79 Å².